The van der Waals surface area contributed by atoms with E-state index < -0.39 is 0 Å². The van der Waals surface area contributed by atoms with Crippen LogP contribution in [-0.2, 0) is 16.0 Å². The Morgan fingerprint density at radius 3 is 2.63 bits per heavy atom. The molecule has 19 heavy (non-hydrogen) atoms. The number of carbonyl (C=O) groups excluding carboxylic acids is 2. The fraction of sp³-hybridized carbons (Fsp3) is 0.500. The lowest BCUT2D eigenvalue weighted by Crippen LogP contribution is -2.41. The van der Waals surface area contributed by atoms with Crippen LogP contribution in [0.2, 0.25) is 0 Å². The van der Waals surface area contributed by atoms with Crippen molar-refractivity contribution in [3.05, 3.63) is 29.8 Å². The summed E-state index contributed by atoms with van der Waals surface area (Å²) in [5.74, 6) is 0.551. The molecule has 1 aromatic carbocycles. The Labute approximate surface area is 113 Å². The number of Topliss-reactive ketones (excluding diaryl/α,β-unsaturated/α-hetero) is 1. The molecule has 3 nitrogen and oxygen atoms in total. The molecule has 0 bridgehead atoms. The van der Waals surface area contributed by atoms with Crippen molar-refractivity contribution < 1.29 is 9.59 Å². The highest BCUT2D eigenvalue weighted by Gasteiger charge is 2.35. The second-order valence-electron chi connectivity index (χ2n) is 5.70. The molecule has 1 aromatic rings. The molecule has 1 aliphatic carbocycles. The molecule has 1 unspecified atom stereocenters. The molecule has 1 aliphatic heterocycles. The number of anilines is 1. The van der Waals surface area contributed by atoms with Crippen LogP contribution < -0.4 is 4.90 Å². The van der Waals surface area contributed by atoms with E-state index in [2.05, 4.69) is 13.0 Å². The fourth-order valence-electron chi connectivity index (χ4n) is 3.28. The maximum absolute atomic E-state index is 12.7. The van der Waals surface area contributed by atoms with Gasteiger partial charge in [0.1, 0.15) is 5.78 Å². The quantitative estimate of drug-likeness (QED) is 0.775. The van der Waals surface area contributed by atoms with Crippen molar-refractivity contribution in [1.29, 1.82) is 0 Å². The van der Waals surface area contributed by atoms with Crippen LogP contribution in [0.3, 0.4) is 0 Å². The lowest BCUT2D eigenvalue weighted by Gasteiger charge is -2.29. The molecule has 0 radical (unpaired) electrons. The highest BCUT2D eigenvalue weighted by molar-refractivity contribution is 5.98. The first kappa shape index (κ1) is 12.4. The van der Waals surface area contributed by atoms with Crippen molar-refractivity contribution in [2.45, 2.75) is 45.1 Å². The van der Waals surface area contributed by atoms with Gasteiger partial charge in [-0.15, -0.1) is 0 Å². The van der Waals surface area contributed by atoms with Crippen LogP contribution in [0.25, 0.3) is 0 Å². The zero-order chi connectivity index (χ0) is 13.4. The average molecular weight is 257 g/mol. The van der Waals surface area contributed by atoms with Gasteiger partial charge in [0.05, 0.1) is 0 Å². The van der Waals surface area contributed by atoms with Gasteiger partial charge in [-0.3, -0.25) is 9.59 Å². The average Bonchev–Trinajstić information content (AvgIpc) is 2.74. The Bertz CT molecular complexity index is 513. The van der Waals surface area contributed by atoms with Crippen molar-refractivity contribution in [3.8, 4) is 0 Å². The van der Waals surface area contributed by atoms with E-state index in [1.807, 2.05) is 23.1 Å². The maximum atomic E-state index is 12.7. The van der Waals surface area contributed by atoms with Gasteiger partial charge < -0.3 is 4.90 Å². The number of rotatable bonds is 1. The van der Waals surface area contributed by atoms with E-state index in [4.69, 9.17) is 0 Å². The van der Waals surface area contributed by atoms with Gasteiger partial charge in [-0.05, 0) is 37.8 Å². The molecule has 3 rings (SSSR count). The summed E-state index contributed by atoms with van der Waals surface area (Å²) in [6.07, 6.45) is 3.53. The van der Waals surface area contributed by atoms with E-state index in [0.29, 0.717) is 18.6 Å². The Balaban J connectivity index is 1.82. The summed E-state index contributed by atoms with van der Waals surface area (Å²) in [4.78, 5) is 25.9. The van der Waals surface area contributed by atoms with E-state index in [9.17, 15) is 9.59 Å². The predicted octanol–water partition coefficient (Wildman–Crippen LogP) is 2.72. The Kier molecular flexibility index (Phi) is 3.13. The Morgan fingerprint density at radius 2 is 1.89 bits per heavy atom. The molecule has 1 heterocycles. The largest absolute Gasteiger partial charge is 0.309 e. The second kappa shape index (κ2) is 4.80. The Hall–Kier alpha value is -1.64. The molecule has 1 atom stereocenters. The monoisotopic (exact) mass is 257 g/mol. The first-order chi connectivity index (χ1) is 9.16. The molecular formula is C16H19NO2. The van der Waals surface area contributed by atoms with Gasteiger partial charge >= 0.3 is 0 Å². The number of nitrogens with zero attached hydrogens (tertiary/aromatic N) is 1. The van der Waals surface area contributed by atoms with Crippen molar-refractivity contribution in [3.63, 3.8) is 0 Å². The van der Waals surface area contributed by atoms with Gasteiger partial charge in [-0.1, -0.05) is 18.2 Å². The van der Waals surface area contributed by atoms with Gasteiger partial charge in [0.25, 0.3) is 0 Å². The number of carbonyl (C=O) groups is 2. The summed E-state index contributed by atoms with van der Waals surface area (Å²) in [5.41, 5.74) is 2.33. The Morgan fingerprint density at radius 1 is 1.21 bits per heavy atom. The van der Waals surface area contributed by atoms with Crippen LogP contribution in [0.5, 0.6) is 0 Å². The van der Waals surface area contributed by atoms with E-state index in [1.54, 1.807) is 0 Å². The van der Waals surface area contributed by atoms with Crippen LogP contribution in [0.4, 0.5) is 5.69 Å². The molecule has 2 aliphatic rings. The van der Waals surface area contributed by atoms with E-state index >= 15 is 0 Å². The number of hydrogen-bond donors (Lipinski definition) is 0. The number of fused-ring (bicyclic) bond motifs is 1. The molecule has 1 amide bonds. The predicted molar refractivity (Wildman–Crippen MR) is 74.1 cm³/mol. The highest BCUT2D eigenvalue weighted by atomic mass is 16.2. The van der Waals surface area contributed by atoms with Crippen molar-refractivity contribution in [2.24, 2.45) is 5.92 Å². The number of hydrogen-bond acceptors (Lipinski definition) is 2. The van der Waals surface area contributed by atoms with Crippen LogP contribution in [0.15, 0.2) is 24.3 Å². The minimum Gasteiger partial charge on any atom is -0.309 e. The zero-order valence-electron chi connectivity index (χ0n) is 11.3. The maximum Gasteiger partial charge on any atom is 0.230 e. The lowest BCUT2D eigenvalue weighted by atomic mass is 9.87. The normalized spacial score (nSPS) is 23.5. The van der Waals surface area contributed by atoms with Crippen LogP contribution >= 0.6 is 0 Å². The van der Waals surface area contributed by atoms with Crippen molar-refractivity contribution in [2.75, 3.05) is 4.90 Å². The molecule has 0 spiro atoms. The van der Waals surface area contributed by atoms with Gasteiger partial charge in [-0.25, -0.2) is 0 Å². The first-order valence-corrected chi connectivity index (χ1v) is 7.09. The fourth-order valence-corrected chi connectivity index (χ4v) is 3.28. The smallest absolute Gasteiger partial charge is 0.230 e. The molecule has 100 valence electrons. The number of ketones is 1. The highest BCUT2D eigenvalue weighted by Crippen LogP contribution is 2.35. The second-order valence-corrected chi connectivity index (χ2v) is 5.70. The molecule has 1 saturated carbocycles. The first-order valence-electron chi connectivity index (χ1n) is 7.09. The van der Waals surface area contributed by atoms with Crippen LogP contribution in [0, 0.1) is 5.92 Å². The summed E-state index contributed by atoms with van der Waals surface area (Å²) in [7, 11) is 0. The van der Waals surface area contributed by atoms with Gasteiger partial charge in [0.2, 0.25) is 5.91 Å². The minimum atomic E-state index is 0.0336. The van der Waals surface area contributed by atoms with Crippen molar-refractivity contribution >= 4 is 17.4 Å². The summed E-state index contributed by atoms with van der Waals surface area (Å²) in [6.45, 7) is 2.10. The van der Waals surface area contributed by atoms with Crippen LogP contribution in [0.1, 0.15) is 38.2 Å². The number of benzene rings is 1. The zero-order valence-corrected chi connectivity index (χ0v) is 11.3. The third-order valence-corrected chi connectivity index (χ3v) is 4.34. The number of amides is 1. The van der Waals surface area contributed by atoms with Gasteiger partial charge in [-0.2, -0.15) is 0 Å². The topological polar surface area (TPSA) is 37.4 Å². The SMILES string of the molecule is CC1Cc2ccccc2N1C(=O)C1CCC(=O)CC1. The minimum absolute atomic E-state index is 0.0336. The molecular weight excluding hydrogens is 238 g/mol. The number of para-hydroxylation sites is 1. The van der Waals surface area contributed by atoms with E-state index in [-0.39, 0.29) is 17.9 Å². The van der Waals surface area contributed by atoms with E-state index in [1.165, 1.54) is 5.56 Å². The van der Waals surface area contributed by atoms with Crippen molar-refractivity contribution in [1.82, 2.24) is 0 Å². The van der Waals surface area contributed by atoms with Crippen LogP contribution in [-0.4, -0.2) is 17.7 Å². The lowest BCUT2D eigenvalue weighted by molar-refractivity contribution is -0.126. The summed E-state index contributed by atoms with van der Waals surface area (Å²) < 4.78 is 0. The van der Waals surface area contributed by atoms with Gasteiger partial charge in [0, 0.05) is 30.5 Å². The summed E-state index contributed by atoms with van der Waals surface area (Å²) in [6, 6.07) is 8.39. The molecule has 0 N–H and O–H groups in total. The summed E-state index contributed by atoms with van der Waals surface area (Å²) in [5, 5.41) is 0. The van der Waals surface area contributed by atoms with E-state index in [0.717, 1.165) is 24.9 Å². The third kappa shape index (κ3) is 2.18. The molecule has 0 saturated heterocycles. The molecule has 1 fully saturated rings. The standard InChI is InChI=1S/C16H19NO2/c1-11-10-13-4-2-3-5-15(13)17(11)16(19)12-6-8-14(18)9-7-12/h2-5,11-12H,6-10H2,1H3. The molecule has 3 heteroatoms. The van der Waals surface area contributed by atoms with Gasteiger partial charge in [0.15, 0.2) is 0 Å². The molecule has 0 aromatic heterocycles. The third-order valence-electron chi connectivity index (χ3n) is 4.34. The summed E-state index contributed by atoms with van der Waals surface area (Å²) >= 11 is 0.